The van der Waals surface area contributed by atoms with Gasteiger partial charge in [-0.3, -0.25) is 0 Å². The molecule has 1 aliphatic rings. The lowest BCUT2D eigenvalue weighted by Gasteiger charge is -2.36. The highest BCUT2D eigenvalue weighted by atomic mass is 19.1. The minimum Gasteiger partial charge on any atom is -0.339 e. The van der Waals surface area contributed by atoms with E-state index in [9.17, 15) is 4.39 Å². The maximum atomic E-state index is 13.5. The van der Waals surface area contributed by atoms with Crippen molar-refractivity contribution in [3.05, 3.63) is 35.5 Å². The smallest absolute Gasteiger partial charge is 0.228 e. The van der Waals surface area contributed by atoms with E-state index >= 15 is 0 Å². The zero-order valence-electron chi connectivity index (χ0n) is 10.8. The summed E-state index contributed by atoms with van der Waals surface area (Å²) in [5, 5.41) is 3.89. The number of hydrogen-bond donors (Lipinski definition) is 1. The molecule has 1 heterocycles. The summed E-state index contributed by atoms with van der Waals surface area (Å²) >= 11 is 0. The molecule has 1 fully saturated rings. The van der Waals surface area contributed by atoms with Crippen molar-refractivity contribution in [1.82, 2.24) is 10.1 Å². The molecule has 0 atom stereocenters. The fourth-order valence-corrected chi connectivity index (χ4v) is 2.28. The SMILES string of the molecule is Cc1ccc(-c2noc(CC3(N)CCC3)n2)cc1F. The summed E-state index contributed by atoms with van der Waals surface area (Å²) in [7, 11) is 0. The van der Waals surface area contributed by atoms with Gasteiger partial charge in [0, 0.05) is 17.5 Å². The zero-order chi connectivity index (χ0) is 13.5. The molecule has 1 saturated carbocycles. The fraction of sp³-hybridized carbons (Fsp3) is 0.429. The Morgan fingerprint density at radius 2 is 2.21 bits per heavy atom. The van der Waals surface area contributed by atoms with Crippen molar-refractivity contribution in [1.29, 1.82) is 0 Å². The number of benzene rings is 1. The van der Waals surface area contributed by atoms with E-state index in [-0.39, 0.29) is 11.4 Å². The van der Waals surface area contributed by atoms with Gasteiger partial charge in [-0.05, 0) is 37.8 Å². The number of halogens is 1. The molecule has 1 aromatic heterocycles. The van der Waals surface area contributed by atoms with Gasteiger partial charge in [0.2, 0.25) is 11.7 Å². The zero-order valence-corrected chi connectivity index (χ0v) is 10.8. The van der Waals surface area contributed by atoms with E-state index in [4.69, 9.17) is 10.3 Å². The Morgan fingerprint density at radius 3 is 2.84 bits per heavy atom. The number of aromatic nitrogens is 2. The van der Waals surface area contributed by atoms with Gasteiger partial charge in [0.1, 0.15) is 5.82 Å². The molecule has 0 unspecified atom stereocenters. The fourth-order valence-electron chi connectivity index (χ4n) is 2.28. The van der Waals surface area contributed by atoms with Gasteiger partial charge >= 0.3 is 0 Å². The Bertz CT molecular complexity index is 604. The van der Waals surface area contributed by atoms with Crippen LogP contribution in [0.15, 0.2) is 22.7 Å². The van der Waals surface area contributed by atoms with Crippen LogP contribution in [0.4, 0.5) is 4.39 Å². The van der Waals surface area contributed by atoms with Crippen LogP contribution in [-0.4, -0.2) is 15.7 Å². The summed E-state index contributed by atoms with van der Waals surface area (Å²) in [6.07, 6.45) is 3.72. The van der Waals surface area contributed by atoms with Gasteiger partial charge in [0.05, 0.1) is 0 Å². The number of nitrogens with two attached hydrogens (primary N) is 1. The predicted molar refractivity (Wildman–Crippen MR) is 68.9 cm³/mol. The summed E-state index contributed by atoms with van der Waals surface area (Å²) in [6, 6.07) is 4.91. The Balaban J connectivity index is 1.82. The molecule has 3 rings (SSSR count). The molecule has 100 valence electrons. The summed E-state index contributed by atoms with van der Waals surface area (Å²) < 4.78 is 18.7. The van der Waals surface area contributed by atoms with Crippen molar-refractivity contribution in [2.75, 3.05) is 0 Å². The molecule has 1 aromatic carbocycles. The van der Waals surface area contributed by atoms with Crippen molar-refractivity contribution in [2.24, 2.45) is 5.73 Å². The molecule has 0 radical (unpaired) electrons. The van der Waals surface area contributed by atoms with Gasteiger partial charge in [-0.1, -0.05) is 17.3 Å². The topological polar surface area (TPSA) is 64.9 Å². The standard InChI is InChI=1S/C14H16FN3O/c1-9-3-4-10(7-11(9)15)13-17-12(19-18-13)8-14(16)5-2-6-14/h3-4,7H,2,5-6,8,16H2,1H3. The van der Waals surface area contributed by atoms with Gasteiger partial charge < -0.3 is 10.3 Å². The number of rotatable bonds is 3. The van der Waals surface area contributed by atoms with E-state index < -0.39 is 0 Å². The Labute approximate surface area is 110 Å². The lowest BCUT2D eigenvalue weighted by Crippen LogP contribution is -2.48. The van der Waals surface area contributed by atoms with E-state index in [0.29, 0.717) is 29.3 Å². The number of nitrogens with zero attached hydrogens (tertiary/aromatic N) is 2. The highest BCUT2D eigenvalue weighted by Crippen LogP contribution is 2.32. The summed E-state index contributed by atoms with van der Waals surface area (Å²) in [6.45, 7) is 1.72. The van der Waals surface area contributed by atoms with E-state index in [2.05, 4.69) is 10.1 Å². The van der Waals surface area contributed by atoms with Crippen molar-refractivity contribution >= 4 is 0 Å². The normalized spacial score (nSPS) is 17.2. The quantitative estimate of drug-likeness (QED) is 0.922. The maximum absolute atomic E-state index is 13.5. The third-order valence-electron chi connectivity index (χ3n) is 3.75. The second-order valence-corrected chi connectivity index (χ2v) is 5.37. The van der Waals surface area contributed by atoms with Crippen LogP contribution >= 0.6 is 0 Å². The lowest BCUT2D eigenvalue weighted by molar-refractivity contribution is 0.222. The largest absolute Gasteiger partial charge is 0.339 e. The minimum absolute atomic E-state index is 0.192. The van der Waals surface area contributed by atoms with Crippen LogP contribution in [-0.2, 0) is 6.42 Å². The minimum atomic E-state index is -0.266. The van der Waals surface area contributed by atoms with Crippen molar-refractivity contribution < 1.29 is 8.91 Å². The second kappa shape index (κ2) is 4.42. The molecular formula is C14H16FN3O. The van der Waals surface area contributed by atoms with Crippen LogP contribution < -0.4 is 5.73 Å². The lowest BCUT2D eigenvalue weighted by atomic mass is 9.75. The van der Waals surface area contributed by atoms with Crippen LogP contribution in [0.25, 0.3) is 11.4 Å². The molecule has 4 nitrogen and oxygen atoms in total. The molecule has 0 bridgehead atoms. The van der Waals surface area contributed by atoms with Crippen LogP contribution in [0.2, 0.25) is 0 Å². The van der Waals surface area contributed by atoms with Crippen LogP contribution in [0, 0.1) is 12.7 Å². The molecule has 0 amide bonds. The average Bonchev–Trinajstić information content (AvgIpc) is 2.79. The number of aryl methyl sites for hydroxylation is 1. The Morgan fingerprint density at radius 1 is 1.42 bits per heavy atom. The van der Waals surface area contributed by atoms with Crippen LogP contribution in [0.3, 0.4) is 0 Å². The van der Waals surface area contributed by atoms with Gasteiger partial charge in [0.25, 0.3) is 0 Å². The molecule has 0 aliphatic heterocycles. The molecule has 1 aliphatic carbocycles. The van der Waals surface area contributed by atoms with E-state index in [1.807, 2.05) is 0 Å². The van der Waals surface area contributed by atoms with Gasteiger partial charge in [-0.25, -0.2) is 4.39 Å². The van der Waals surface area contributed by atoms with E-state index in [1.54, 1.807) is 19.1 Å². The summed E-state index contributed by atoms with van der Waals surface area (Å²) in [5.41, 5.74) is 7.17. The van der Waals surface area contributed by atoms with Gasteiger partial charge in [0.15, 0.2) is 0 Å². The van der Waals surface area contributed by atoms with Crippen molar-refractivity contribution in [3.8, 4) is 11.4 Å². The third kappa shape index (κ3) is 2.38. The molecule has 0 saturated heterocycles. The van der Waals surface area contributed by atoms with Crippen molar-refractivity contribution in [3.63, 3.8) is 0 Å². The van der Waals surface area contributed by atoms with Gasteiger partial charge in [-0.2, -0.15) is 4.98 Å². The maximum Gasteiger partial charge on any atom is 0.228 e. The Kier molecular flexibility index (Phi) is 2.86. The number of hydrogen-bond acceptors (Lipinski definition) is 4. The molecule has 5 heteroatoms. The molecule has 2 N–H and O–H groups in total. The van der Waals surface area contributed by atoms with Gasteiger partial charge in [-0.15, -0.1) is 0 Å². The summed E-state index contributed by atoms with van der Waals surface area (Å²) in [4.78, 5) is 4.29. The highest BCUT2D eigenvalue weighted by Gasteiger charge is 2.34. The van der Waals surface area contributed by atoms with E-state index in [0.717, 1.165) is 19.3 Å². The first-order chi connectivity index (χ1) is 9.06. The molecular weight excluding hydrogens is 245 g/mol. The van der Waals surface area contributed by atoms with Crippen molar-refractivity contribution in [2.45, 2.75) is 38.1 Å². The molecule has 0 spiro atoms. The van der Waals surface area contributed by atoms with Crippen LogP contribution in [0.5, 0.6) is 0 Å². The average molecular weight is 261 g/mol. The first-order valence-electron chi connectivity index (χ1n) is 6.44. The Hall–Kier alpha value is -1.75. The third-order valence-corrected chi connectivity index (χ3v) is 3.75. The predicted octanol–water partition coefficient (Wildman–Crippen LogP) is 2.61. The van der Waals surface area contributed by atoms with E-state index in [1.165, 1.54) is 6.07 Å². The first kappa shape index (κ1) is 12.3. The molecule has 19 heavy (non-hydrogen) atoms. The first-order valence-corrected chi connectivity index (χ1v) is 6.44. The highest BCUT2D eigenvalue weighted by molar-refractivity contribution is 5.54. The second-order valence-electron chi connectivity index (χ2n) is 5.37. The monoisotopic (exact) mass is 261 g/mol. The van der Waals surface area contributed by atoms with Crippen LogP contribution in [0.1, 0.15) is 30.7 Å². The summed E-state index contributed by atoms with van der Waals surface area (Å²) in [5.74, 6) is 0.674. The molecule has 2 aromatic rings.